The second-order valence-corrected chi connectivity index (χ2v) is 6.12. The van der Waals surface area contributed by atoms with Gasteiger partial charge in [0.2, 0.25) is 0 Å². The van der Waals surface area contributed by atoms with Gasteiger partial charge in [0.15, 0.2) is 0 Å². The van der Waals surface area contributed by atoms with E-state index in [1.165, 1.54) is 23.7 Å². The number of hydrogen-bond donors (Lipinski definition) is 2. The molecule has 1 unspecified atom stereocenters. The standard InChI is InChI=1S/C15H13F3N4S/c16-15(17,18)9-2-1-8-3-14(23-13(8)4-9)12-5-11(10(20)6-19)21-7-22-12/h1-5,7,10H,6,19-20H2. The fourth-order valence-electron chi connectivity index (χ4n) is 2.16. The maximum absolute atomic E-state index is 12.8. The molecule has 0 aliphatic rings. The lowest BCUT2D eigenvalue weighted by Crippen LogP contribution is -2.21. The Kier molecular flexibility index (Phi) is 4.05. The average molecular weight is 338 g/mol. The van der Waals surface area contributed by atoms with E-state index in [1.54, 1.807) is 12.1 Å². The molecule has 0 radical (unpaired) electrons. The predicted molar refractivity (Wildman–Crippen MR) is 83.8 cm³/mol. The monoisotopic (exact) mass is 338 g/mol. The number of fused-ring (bicyclic) bond motifs is 1. The van der Waals surface area contributed by atoms with Gasteiger partial charge in [0.25, 0.3) is 0 Å². The summed E-state index contributed by atoms with van der Waals surface area (Å²) < 4.78 is 38.9. The third kappa shape index (κ3) is 3.19. The van der Waals surface area contributed by atoms with Crippen molar-refractivity contribution >= 4 is 21.4 Å². The third-order valence-corrected chi connectivity index (χ3v) is 4.54. The summed E-state index contributed by atoms with van der Waals surface area (Å²) in [5.41, 5.74) is 11.9. The molecule has 0 amide bonds. The lowest BCUT2D eigenvalue weighted by atomic mass is 10.1. The van der Waals surface area contributed by atoms with Crippen molar-refractivity contribution in [1.82, 2.24) is 9.97 Å². The molecule has 0 aliphatic heterocycles. The van der Waals surface area contributed by atoms with Crippen LogP contribution in [-0.2, 0) is 6.18 Å². The summed E-state index contributed by atoms with van der Waals surface area (Å²) in [6.45, 7) is 0.248. The first kappa shape index (κ1) is 15.9. The fraction of sp³-hybridized carbons (Fsp3) is 0.200. The number of halogens is 3. The second kappa shape index (κ2) is 5.88. The largest absolute Gasteiger partial charge is 0.416 e. The summed E-state index contributed by atoms with van der Waals surface area (Å²) in [6, 6.07) is 6.81. The highest BCUT2D eigenvalue weighted by atomic mass is 32.1. The van der Waals surface area contributed by atoms with Crippen LogP contribution in [0.4, 0.5) is 13.2 Å². The van der Waals surface area contributed by atoms with Crippen molar-refractivity contribution in [3.63, 3.8) is 0 Å². The molecule has 3 aromatic rings. The first-order valence-electron chi connectivity index (χ1n) is 6.77. The van der Waals surface area contributed by atoms with Crippen LogP contribution < -0.4 is 11.5 Å². The number of nitrogens with zero attached hydrogens (tertiary/aromatic N) is 2. The van der Waals surface area contributed by atoms with Crippen molar-refractivity contribution in [2.45, 2.75) is 12.2 Å². The minimum atomic E-state index is -4.35. The van der Waals surface area contributed by atoms with E-state index in [9.17, 15) is 13.2 Å². The normalized spacial score (nSPS) is 13.4. The number of hydrogen-bond acceptors (Lipinski definition) is 5. The van der Waals surface area contributed by atoms with Crippen molar-refractivity contribution in [1.29, 1.82) is 0 Å². The number of nitrogens with two attached hydrogens (primary N) is 2. The Labute approximate surface area is 134 Å². The molecule has 4 nitrogen and oxygen atoms in total. The number of aromatic nitrogens is 2. The van der Waals surface area contributed by atoms with Crippen LogP contribution in [0.5, 0.6) is 0 Å². The van der Waals surface area contributed by atoms with E-state index in [2.05, 4.69) is 9.97 Å². The molecule has 2 heterocycles. The highest BCUT2D eigenvalue weighted by molar-refractivity contribution is 7.22. The molecule has 0 aliphatic carbocycles. The van der Waals surface area contributed by atoms with Crippen LogP contribution in [0.25, 0.3) is 20.7 Å². The minimum absolute atomic E-state index is 0.248. The van der Waals surface area contributed by atoms with Gasteiger partial charge in [-0.15, -0.1) is 11.3 Å². The van der Waals surface area contributed by atoms with E-state index in [0.29, 0.717) is 16.1 Å². The average Bonchev–Trinajstić information content (AvgIpc) is 2.96. The second-order valence-electron chi connectivity index (χ2n) is 5.03. The van der Waals surface area contributed by atoms with Crippen LogP contribution in [0.1, 0.15) is 17.3 Å². The molecule has 0 spiro atoms. The molecule has 0 saturated carbocycles. The van der Waals surface area contributed by atoms with Crippen LogP contribution >= 0.6 is 11.3 Å². The zero-order valence-electron chi connectivity index (χ0n) is 11.8. The Hall–Kier alpha value is -2.03. The van der Waals surface area contributed by atoms with Gasteiger partial charge in [-0.2, -0.15) is 13.2 Å². The van der Waals surface area contributed by atoms with Gasteiger partial charge < -0.3 is 11.5 Å². The van der Waals surface area contributed by atoms with Gasteiger partial charge in [-0.3, -0.25) is 0 Å². The molecule has 4 N–H and O–H groups in total. The Bertz CT molecular complexity index is 844. The van der Waals surface area contributed by atoms with Crippen molar-refractivity contribution < 1.29 is 13.2 Å². The lowest BCUT2D eigenvalue weighted by Gasteiger charge is -2.08. The maximum atomic E-state index is 12.8. The van der Waals surface area contributed by atoms with Gasteiger partial charge in [-0.1, -0.05) is 6.07 Å². The predicted octanol–water partition coefficient (Wildman–Crippen LogP) is 3.34. The first-order chi connectivity index (χ1) is 10.9. The molecule has 2 aromatic heterocycles. The Morgan fingerprint density at radius 3 is 2.61 bits per heavy atom. The SMILES string of the molecule is NCC(N)c1cc(-c2cc3ccc(C(F)(F)F)cc3s2)ncn1. The maximum Gasteiger partial charge on any atom is 0.416 e. The molecular weight excluding hydrogens is 325 g/mol. The van der Waals surface area contributed by atoms with Gasteiger partial charge >= 0.3 is 6.18 Å². The van der Waals surface area contributed by atoms with E-state index in [1.807, 2.05) is 0 Å². The van der Waals surface area contributed by atoms with Gasteiger partial charge in [0.05, 0.1) is 27.9 Å². The molecule has 0 saturated heterocycles. The molecule has 0 bridgehead atoms. The van der Waals surface area contributed by atoms with Crippen LogP contribution in [0.2, 0.25) is 0 Å². The van der Waals surface area contributed by atoms with Crippen molar-refractivity contribution in [3.05, 3.63) is 47.9 Å². The van der Waals surface area contributed by atoms with E-state index >= 15 is 0 Å². The summed E-state index contributed by atoms with van der Waals surface area (Å²) >= 11 is 1.25. The summed E-state index contributed by atoms with van der Waals surface area (Å²) in [6.07, 6.45) is -2.97. The topological polar surface area (TPSA) is 77.8 Å². The fourth-order valence-corrected chi connectivity index (χ4v) is 3.23. The molecule has 1 aromatic carbocycles. The highest BCUT2D eigenvalue weighted by Gasteiger charge is 2.30. The summed E-state index contributed by atoms with van der Waals surface area (Å²) in [7, 11) is 0. The Morgan fingerprint density at radius 2 is 1.91 bits per heavy atom. The molecule has 120 valence electrons. The molecule has 0 fully saturated rings. The van der Waals surface area contributed by atoms with Gasteiger partial charge in [-0.25, -0.2) is 9.97 Å². The molecule has 8 heteroatoms. The van der Waals surface area contributed by atoms with Crippen LogP contribution in [0.15, 0.2) is 36.7 Å². The quantitative estimate of drug-likeness (QED) is 0.768. The Balaban J connectivity index is 2.04. The van der Waals surface area contributed by atoms with Crippen molar-refractivity contribution in [2.24, 2.45) is 11.5 Å². The third-order valence-electron chi connectivity index (χ3n) is 3.42. The van der Waals surface area contributed by atoms with Crippen LogP contribution in [0.3, 0.4) is 0 Å². The molecular formula is C15H13F3N4S. The van der Waals surface area contributed by atoms with E-state index in [4.69, 9.17) is 11.5 Å². The number of benzene rings is 1. The van der Waals surface area contributed by atoms with Gasteiger partial charge in [0.1, 0.15) is 6.33 Å². The number of alkyl halides is 3. The zero-order valence-corrected chi connectivity index (χ0v) is 12.7. The van der Waals surface area contributed by atoms with E-state index in [0.717, 1.165) is 22.4 Å². The van der Waals surface area contributed by atoms with E-state index < -0.39 is 17.8 Å². The smallest absolute Gasteiger partial charge is 0.329 e. The number of rotatable bonds is 3. The van der Waals surface area contributed by atoms with Crippen LogP contribution in [0, 0.1) is 0 Å². The summed E-state index contributed by atoms with van der Waals surface area (Å²) in [4.78, 5) is 9.01. The molecule has 23 heavy (non-hydrogen) atoms. The molecule has 3 rings (SSSR count). The van der Waals surface area contributed by atoms with Crippen molar-refractivity contribution in [2.75, 3.05) is 6.54 Å². The Morgan fingerprint density at radius 1 is 1.13 bits per heavy atom. The number of thiophene rings is 1. The van der Waals surface area contributed by atoms with Crippen LogP contribution in [-0.4, -0.2) is 16.5 Å². The van der Waals surface area contributed by atoms with Crippen molar-refractivity contribution in [3.8, 4) is 10.6 Å². The summed E-state index contributed by atoms with van der Waals surface area (Å²) in [5, 5.41) is 0.737. The lowest BCUT2D eigenvalue weighted by molar-refractivity contribution is -0.137. The zero-order chi connectivity index (χ0) is 16.6. The highest BCUT2D eigenvalue weighted by Crippen LogP contribution is 2.37. The van der Waals surface area contributed by atoms with E-state index in [-0.39, 0.29) is 6.54 Å². The summed E-state index contributed by atoms with van der Waals surface area (Å²) in [5.74, 6) is 0. The van der Waals surface area contributed by atoms with Gasteiger partial charge in [0, 0.05) is 11.2 Å². The minimum Gasteiger partial charge on any atom is -0.329 e. The van der Waals surface area contributed by atoms with Gasteiger partial charge in [-0.05, 0) is 29.7 Å². The molecule has 1 atom stereocenters. The first-order valence-corrected chi connectivity index (χ1v) is 7.59.